The summed E-state index contributed by atoms with van der Waals surface area (Å²) in [4.78, 5) is 2.51. The second-order valence-corrected chi connectivity index (χ2v) is 3.43. The van der Waals surface area contributed by atoms with Crippen LogP contribution in [0.15, 0.2) is 11.3 Å². The van der Waals surface area contributed by atoms with Crippen molar-refractivity contribution in [2.24, 2.45) is 0 Å². The predicted octanol–water partition coefficient (Wildman–Crippen LogP) is 3.18. The summed E-state index contributed by atoms with van der Waals surface area (Å²) in [6.45, 7) is 9.11. The summed E-state index contributed by atoms with van der Waals surface area (Å²) < 4.78 is 0. The maximum absolute atomic E-state index is 2.51. The molecular formula is C11H21N. The van der Waals surface area contributed by atoms with Crippen LogP contribution in [0.5, 0.6) is 0 Å². The van der Waals surface area contributed by atoms with Crippen LogP contribution < -0.4 is 0 Å². The Bertz CT molecular complexity index is 160. The first-order chi connectivity index (χ1) is 5.83. The van der Waals surface area contributed by atoms with Crippen molar-refractivity contribution in [2.45, 2.75) is 46.5 Å². The highest BCUT2D eigenvalue weighted by atomic mass is 15.1. The normalized spacial score (nSPS) is 15.8. The molecule has 1 heteroatoms. The topological polar surface area (TPSA) is 3.24 Å². The molecule has 0 saturated heterocycles. The summed E-state index contributed by atoms with van der Waals surface area (Å²) in [6.07, 6.45) is 5.36. The molecule has 0 amide bonds. The van der Waals surface area contributed by atoms with Crippen LogP contribution in [-0.4, -0.2) is 18.0 Å². The minimum Gasteiger partial charge on any atom is -0.375 e. The number of hydrogen-bond acceptors (Lipinski definition) is 1. The number of nitrogens with zero attached hydrogens (tertiary/aromatic N) is 1. The third kappa shape index (κ3) is 1.82. The molecule has 0 aliphatic heterocycles. The van der Waals surface area contributed by atoms with Crippen LogP contribution in [0.25, 0.3) is 0 Å². The van der Waals surface area contributed by atoms with E-state index in [4.69, 9.17) is 0 Å². The number of rotatable bonds is 4. The summed E-state index contributed by atoms with van der Waals surface area (Å²) in [6, 6.07) is 0. The molecule has 0 aromatic rings. The Morgan fingerprint density at radius 1 is 1.17 bits per heavy atom. The van der Waals surface area contributed by atoms with Crippen LogP contribution in [0.2, 0.25) is 0 Å². The molecule has 1 rings (SSSR count). The second-order valence-electron chi connectivity index (χ2n) is 3.43. The fourth-order valence-electron chi connectivity index (χ4n) is 1.94. The Labute approximate surface area is 76.5 Å². The van der Waals surface area contributed by atoms with E-state index in [9.17, 15) is 0 Å². The van der Waals surface area contributed by atoms with Crippen LogP contribution >= 0.6 is 0 Å². The molecule has 0 heterocycles. The molecule has 0 spiro atoms. The Morgan fingerprint density at radius 3 is 2.00 bits per heavy atom. The van der Waals surface area contributed by atoms with Crippen molar-refractivity contribution in [3.05, 3.63) is 11.3 Å². The first-order valence-corrected chi connectivity index (χ1v) is 5.29. The molecule has 0 N–H and O–H groups in total. The monoisotopic (exact) mass is 167 g/mol. The number of allylic oxidation sites excluding steroid dienone is 2. The minimum atomic E-state index is 1.17. The van der Waals surface area contributed by atoms with Gasteiger partial charge in [0.05, 0.1) is 0 Å². The van der Waals surface area contributed by atoms with Crippen molar-refractivity contribution >= 4 is 0 Å². The van der Waals surface area contributed by atoms with Crippen LogP contribution in [0.4, 0.5) is 0 Å². The SMILES string of the molecule is CCC(=C1CCC1)N(CC)CC. The van der Waals surface area contributed by atoms with Gasteiger partial charge in [0, 0.05) is 18.8 Å². The summed E-state index contributed by atoms with van der Waals surface area (Å²) >= 11 is 0. The Kier molecular flexibility index (Phi) is 3.64. The predicted molar refractivity (Wildman–Crippen MR) is 54.1 cm³/mol. The van der Waals surface area contributed by atoms with Gasteiger partial charge in [-0.05, 0) is 39.5 Å². The van der Waals surface area contributed by atoms with Crippen molar-refractivity contribution in [3.63, 3.8) is 0 Å². The third-order valence-electron chi connectivity index (χ3n) is 2.85. The molecule has 1 aliphatic rings. The van der Waals surface area contributed by atoms with Crippen LogP contribution in [-0.2, 0) is 0 Å². The summed E-state index contributed by atoms with van der Waals surface area (Å²) in [5, 5.41) is 0. The zero-order valence-electron chi connectivity index (χ0n) is 8.69. The van der Waals surface area contributed by atoms with E-state index in [2.05, 4.69) is 25.7 Å². The van der Waals surface area contributed by atoms with E-state index < -0.39 is 0 Å². The summed E-state index contributed by atoms with van der Waals surface area (Å²) in [5.74, 6) is 0. The van der Waals surface area contributed by atoms with Crippen molar-refractivity contribution < 1.29 is 0 Å². The quantitative estimate of drug-likeness (QED) is 0.621. The molecule has 0 aromatic heterocycles. The third-order valence-corrected chi connectivity index (χ3v) is 2.85. The van der Waals surface area contributed by atoms with Crippen LogP contribution in [0, 0.1) is 0 Å². The van der Waals surface area contributed by atoms with E-state index in [0.29, 0.717) is 0 Å². The van der Waals surface area contributed by atoms with Gasteiger partial charge >= 0.3 is 0 Å². The lowest BCUT2D eigenvalue weighted by Gasteiger charge is -2.30. The lowest BCUT2D eigenvalue weighted by Crippen LogP contribution is -2.24. The average molecular weight is 167 g/mol. The van der Waals surface area contributed by atoms with Gasteiger partial charge in [0.15, 0.2) is 0 Å². The molecular weight excluding hydrogens is 146 g/mol. The molecule has 0 aromatic carbocycles. The first-order valence-electron chi connectivity index (χ1n) is 5.29. The van der Waals surface area contributed by atoms with Gasteiger partial charge in [-0.3, -0.25) is 0 Å². The fourth-order valence-corrected chi connectivity index (χ4v) is 1.94. The highest BCUT2D eigenvalue weighted by Gasteiger charge is 2.16. The smallest absolute Gasteiger partial charge is 0.0146 e. The van der Waals surface area contributed by atoms with E-state index >= 15 is 0 Å². The molecule has 0 bridgehead atoms. The molecule has 1 fully saturated rings. The van der Waals surface area contributed by atoms with E-state index in [0.717, 1.165) is 0 Å². The molecule has 1 nitrogen and oxygen atoms in total. The van der Waals surface area contributed by atoms with Gasteiger partial charge in [0.2, 0.25) is 0 Å². The number of hydrogen-bond donors (Lipinski definition) is 0. The van der Waals surface area contributed by atoms with Gasteiger partial charge in [-0.2, -0.15) is 0 Å². The minimum absolute atomic E-state index is 1.17. The zero-order chi connectivity index (χ0) is 8.97. The fraction of sp³-hybridized carbons (Fsp3) is 0.818. The standard InChI is InChI=1S/C11H21N/c1-4-11(10-8-7-9-10)12(5-2)6-3/h4-9H2,1-3H3. The van der Waals surface area contributed by atoms with Gasteiger partial charge in [0.1, 0.15) is 0 Å². The van der Waals surface area contributed by atoms with E-state index in [1.165, 1.54) is 38.8 Å². The van der Waals surface area contributed by atoms with Crippen molar-refractivity contribution in [2.75, 3.05) is 13.1 Å². The first kappa shape index (κ1) is 9.63. The van der Waals surface area contributed by atoms with E-state index in [1.54, 1.807) is 11.3 Å². The lowest BCUT2D eigenvalue weighted by atomic mass is 9.89. The van der Waals surface area contributed by atoms with Crippen LogP contribution in [0.3, 0.4) is 0 Å². The molecule has 0 radical (unpaired) electrons. The van der Waals surface area contributed by atoms with Gasteiger partial charge < -0.3 is 4.90 Å². The Morgan fingerprint density at radius 2 is 1.75 bits per heavy atom. The zero-order valence-corrected chi connectivity index (χ0v) is 8.69. The van der Waals surface area contributed by atoms with Crippen LogP contribution in [0.1, 0.15) is 46.5 Å². The molecule has 0 atom stereocenters. The van der Waals surface area contributed by atoms with Gasteiger partial charge in [-0.1, -0.05) is 12.5 Å². The highest BCUT2D eigenvalue weighted by Crippen LogP contribution is 2.31. The Balaban J connectivity index is 2.65. The molecule has 1 saturated carbocycles. The molecule has 0 unspecified atom stereocenters. The lowest BCUT2D eigenvalue weighted by molar-refractivity contribution is 0.357. The second kappa shape index (κ2) is 4.54. The van der Waals surface area contributed by atoms with Crippen molar-refractivity contribution in [3.8, 4) is 0 Å². The van der Waals surface area contributed by atoms with Crippen molar-refractivity contribution in [1.82, 2.24) is 4.90 Å². The maximum atomic E-state index is 2.51. The Hall–Kier alpha value is -0.460. The van der Waals surface area contributed by atoms with Gasteiger partial charge in [-0.15, -0.1) is 0 Å². The average Bonchev–Trinajstić information content (AvgIpc) is 2.01. The maximum Gasteiger partial charge on any atom is 0.0146 e. The van der Waals surface area contributed by atoms with Gasteiger partial charge in [-0.25, -0.2) is 0 Å². The van der Waals surface area contributed by atoms with Gasteiger partial charge in [0.25, 0.3) is 0 Å². The molecule has 1 aliphatic carbocycles. The van der Waals surface area contributed by atoms with E-state index in [-0.39, 0.29) is 0 Å². The molecule has 70 valence electrons. The van der Waals surface area contributed by atoms with Crippen molar-refractivity contribution in [1.29, 1.82) is 0 Å². The summed E-state index contributed by atoms with van der Waals surface area (Å²) in [7, 11) is 0. The highest BCUT2D eigenvalue weighted by molar-refractivity contribution is 5.18. The largest absolute Gasteiger partial charge is 0.375 e. The van der Waals surface area contributed by atoms with E-state index in [1.807, 2.05) is 0 Å². The summed E-state index contributed by atoms with van der Waals surface area (Å²) in [5.41, 5.74) is 3.35. The molecule has 12 heavy (non-hydrogen) atoms.